The maximum absolute atomic E-state index is 6.31. The van der Waals surface area contributed by atoms with Crippen LogP contribution in [-0.2, 0) is 7.05 Å². The van der Waals surface area contributed by atoms with Gasteiger partial charge in [-0.15, -0.1) is 0 Å². The summed E-state index contributed by atoms with van der Waals surface area (Å²) in [5, 5.41) is 11.5. The van der Waals surface area contributed by atoms with E-state index < -0.39 is 0 Å². The number of aryl methyl sites for hydroxylation is 1. The van der Waals surface area contributed by atoms with Gasteiger partial charge in [0.25, 0.3) is 0 Å². The molecule has 4 N–H and O–H groups in total. The number of nitrogens with two attached hydrogens (primary N) is 1. The summed E-state index contributed by atoms with van der Waals surface area (Å²) in [6.45, 7) is 3.42. The van der Waals surface area contributed by atoms with Gasteiger partial charge in [0.1, 0.15) is 12.3 Å². The summed E-state index contributed by atoms with van der Waals surface area (Å²) in [7, 11) is 1.86. The smallest absolute Gasteiger partial charge is 0.237 e. The molecule has 0 saturated heterocycles. The molecule has 3 aromatic heterocycles. The van der Waals surface area contributed by atoms with E-state index in [2.05, 4.69) is 30.7 Å². The summed E-state index contributed by atoms with van der Waals surface area (Å²) in [5.74, 6) is 1.12. The van der Waals surface area contributed by atoms with E-state index in [1.54, 1.807) is 17.1 Å². The maximum Gasteiger partial charge on any atom is 0.237 e. The van der Waals surface area contributed by atoms with Crippen LogP contribution < -0.4 is 21.1 Å². The van der Waals surface area contributed by atoms with Crippen LogP contribution in [0.1, 0.15) is 5.56 Å². The van der Waals surface area contributed by atoms with Crippen LogP contribution in [0.3, 0.4) is 0 Å². The van der Waals surface area contributed by atoms with E-state index in [0.717, 1.165) is 45.5 Å². The fourth-order valence-corrected chi connectivity index (χ4v) is 3.50. The van der Waals surface area contributed by atoms with Crippen molar-refractivity contribution in [3.8, 4) is 17.0 Å². The minimum absolute atomic E-state index is 0.484. The third-order valence-corrected chi connectivity index (χ3v) is 4.95. The molecule has 0 bridgehead atoms. The van der Waals surface area contributed by atoms with Gasteiger partial charge in [0.05, 0.1) is 17.4 Å². The molecule has 9 heteroatoms. The molecule has 29 heavy (non-hydrogen) atoms. The van der Waals surface area contributed by atoms with Gasteiger partial charge in [-0.25, -0.2) is 15.0 Å². The highest BCUT2D eigenvalue weighted by Crippen LogP contribution is 2.37. The van der Waals surface area contributed by atoms with Crippen LogP contribution >= 0.6 is 0 Å². The topological polar surface area (TPSA) is 116 Å². The molecule has 9 nitrogen and oxygen atoms in total. The van der Waals surface area contributed by atoms with Crippen LogP contribution in [-0.4, -0.2) is 37.9 Å². The van der Waals surface area contributed by atoms with E-state index in [-0.39, 0.29) is 0 Å². The first-order chi connectivity index (χ1) is 14.1. The second kappa shape index (κ2) is 6.62. The maximum atomic E-state index is 6.31. The zero-order valence-electron chi connectivity index (χ0n) is 16.1. The first-order valence-corrected chi connectivity index (χ1v) is 9.27. The van der Waals surface area contributed by atoms with E-state index in [9.17, 15) is 0 Å². The quantitative estimate of drug-likeness (QED) is 0.459. The van der Waals surface area contributed by atoms with Crippen molar-refractivity contribution in [2.45, 2.75) is 6.92 Å². The lowest BCUT2D eigenvalue weighted by Crippen LogP contribution is -2.20. The number of aromatic nitrogens is 5. The van der Waals surface area contributed by atoms with Gasteiger partial charge in [0.2, 0.25) is 11.8 Å². The molecule has 5 rings (SSSR count). The highest BCUT2D eigenvalue weighted by Gasteiger charge is 2.18. The van der Waals surface area contributed by atoms with Crippen LogP contribution in [0.5, 0.6) is 5.88 Å². The van der Waals surface area contributed by atoms with E-state index >= 15 is 0 Å². The summed E-state index contributed by atoms with van der Waals surface area (Å²) >= 11 is 0. The molecule has 1 aliphatic heterocycles. The predicted molar refractivity (Wildman–Crippen MR) is 112 cm³/mol. The number of rotatable bonds is 3. The monoisotopic (exact) mass is 388 g/mol. The third kappa shape index (κ3) is 3.06. The number of fused-ring (bicyclic) bond motifs is 2. The third-order valence-electron chi connectivity index (χ3n) is 4.95. The molecule has 0 aliphatic carbocycles. The first-order valence-electron chi connectivity index (χ1n) is 9.27. The molecule has 0 amide bonds. The second-order valence-electron chi connectivity index (χ2n) is 6.97. The molecule has 0 spiro atoms. The van der Waals surface area contributed by atoms with Gasteiger partial charge in [0.15, 0.2) is 0 Å². The molecule has 4 heterocycles. The van der Waals surface area contributed by atoms with Gasteiger partial charge in [-0.3, -0.25) is 4.68 Å². The Morgan fingerprint density at radius 2 is 2.10 bits per heavy atom. The Bertz CT molecular complexity index is 1230. The molecule has 0 radical (unpaired) electrons. The molecule has 0 unspecified atom stereocenters. The highest BCUT2D eigenvalue weighted by molar-refractivity contribution is 5.95. The Morgan fingerprint density at radius 3 is 2.93 bits per heavy atom. The molecular formula is C20H20N8O. The van der Waals surface area contributed by atoms with Crippen molar-refractivity contribution in [2.75, 3.05) is 29.5 Å². The second-order valence-corrected chi connectivity index (χ2v) is 6.97. The number of benzene rings is 1. The van der Waals surface area contributed by atoms with Crippen molar-refractivity contribution < 1.29 is 4.74 Å². The Morgan fingerprint density at radius 1 is 1.21 bits per heavy atom. The van der Waals surface area contributed by atoms with Crippen LogP contribution in [0.15, 0.2) is 36.9 Å². The van der Waals surface area contributed by atoms with Crippen molar-refractivity contribution in [1.82, 2.24) is 24.7 Å². The van der Waals surface area contributed by atoms with Crippen molar-refractivity contribution in [1.29, 1.82) is 0 Å². The van der Waals surface area contributed by atoms with E-state index in [0.29, 0.717) is 24.1 Å². The van der Waals surface area contributed by atoms with Crippen LogP contribution in [0.2, 0.25) is 0 Å². The number of nitrogen functional groups attached to an aromatic ring is 1. The Labute approximate surface area is 167 Å². The van der Waals surface area contributed by atoms with E-state index in [4.69, 9.17) is 10.5 Å². The van der Waals surface area contributed by atoms with Gasteiger partial charge in [-0.1, -0.05) is 0 Å². The highest BCUT2D eigenvalue weighted by atomic mass is 16.5. The molecule has 1 aromatic carbocycles. The van der Waals surface area contributed by atoms with Crippen molar-refractivity contribution >= 4 is 33.9 Å². The van der Waals surface area contributed by atoms with E-state index in [1.165, 1.54) is 0 Å². The molecule has 1 aliphatic rings. The minimum Gasteiger partial charge on any atom is -0.474 e. The lowest BCUT2D eigenvalue weighted by molar-refractivity contribution is 0.310. The van der Waals surface area contributed by atoms with Gasteiger partial charge in [-0.05, 0) is 30.2 Å². The van der Waals surface area contributed by atoms with Crippen molar-refractivity contribution in [3.63, 3.8) is 0 Å². The molecule has 0 saturated carbocycles. The molecule has 4 aromatic rings. The zero-order valence-corrected chi connectivity index (χ0v) is 16.1. The fraction of sp³-hybridized carbons (Fsp3) is 0.200. The van der Waals surface area contributed by atoms with Gasteiger partial charge >= 0.3 is 0 Å². The van der Waals surface area contributed by atoms with Crippen molar-refractivity contribution in [3.05, 3.63) is 42.5 Å². The Balaban J connectivity index is 1.58. The van der Waals surface area contributed by atoms with Gasteiger partial charge in [-0.2, -0.15) is 5.10 Å². The normalized spacial score (nSPS) is 12.9. The van der Waals surface area contributed by atoms with E-state index in [1.807, 2.05) is 38.5 Å². The molecule has 146 valence electrons. The van der Waals surface area contributed by atoms with Gasteiger partial charge in [0, 0.05) is 48.8 Å². The number of pyridine rings is 1. The lowest BCUT2D eigenvalue weighted by Gasteiger charge is -2.21. The molecule has 0 atom stereocenters. The number of nitrogens with one attached hydrogen (secondary N) is 2. The van der Waals surface area contributed by atoms with Crippen molar-refractivity contribution in [2.24, 2.45) is 7.05 Å². The first kappa shape index (κ1) is 17.2. The average molecular weight is 388 g/mol. The number of hydrogen-bond acceptors (Lipinski definition) is 8. The number of ether oxygens (including phenoxy) is 1. The molecule has 0 fully saturated rings. The van der Waals surface area contributed by atoms with Crippen LogP contribution in [0.25, 0.3) is 22.0 Å². The Kier molecular flexibility index (Phi) is 3.94. The summed E-state index contributed by atoms with van der Waals surface area (Å²) in [5.41, 5.74) is 12.4. The lowest BCUT2D eigenvalue weighted by atomic mass is 9.99. The number of nitrogens with zero attached hydrogens (tertiary/aromatic N) is 5. The zero-order chi connectivity index (χ0) is 20.0. The summed E-state index contributed by atoms with van der Waals surface area (Å²) in [6.07, 6.45) is 7.12. The number of hydrogen-bond donors (Lipinski definition) is 3. The minimum atomic E-state index is 0.484. The largest absolute Gasteiger partial charge is 0.474 e. The summed E-state index contributed by atoms with van der Waals surface area (Å²) in [6, 6.07) is 3.93. The SMILES string of the molecule is Cc1c(-c2cc(N)c3cnc(Nc4cnn(C)c4)nc3c2)cnc2c1NCCO2. The summed E-state index contributed by atoms with van der Waals surface area (Å²) < 4.78 is 7.34. The number of anilines is 4. The summed E-state index contributed by atoms with van der Waals surface area (Å²) in [4.78, 5) is 13.5. The Hall–Kier alpha value is -3.88. The average Bonchev–Trinajstić information content (AvgIpc) is 3.13. The van der Waals surface area contributed by atoms with Crippen LogP contribution in [0, 0.1) is 6.92 Å². The standard InChI is InChI=1S/C20H20N8O/c1-11-14(8-23-19-18(11)22-3-4-29-19)12-5-16(21)15-9-24-20(27-17(15)6-12)26-13-7-25-28(2)10-13/h5-10,22H,3-4,21H2,1-2H3,(H,24,26,27). The van der Waals surface area contributed by atoms with Crippen LogP contribution in [0.4, 0.5) is 23.0 Å². The fourth-order valence-electron chi connectivity index (χ4n) is 3.50. The predicted octanol–water partition coefficient (Wildman–Crippen LogP) is 2.86. The van der Waals surface area contributed by atoms with Gasteiger partial charge < -0.3 is 21.1 Å². The molecular weight excluding hydrogens is 368 g/mol.